The molecule has 3 heterocycles. The number of nitrogens with zero attached hydrogens (tertiary/aromatic N) is 3. The number of aromatic nitrogens is 3. The molecule has 2 fully saturated rings. The summed E-state index contributed by atoms with van der Waals surface area (Å²) < 4.78 is 5.32. The zero-order valence-electron chi connectivity index (χ0n) is 17.5. The predicted molar refractivity (Wildman–Crippen MR) is 113 cm³/mol. The highest BCUT2D eigenvalue weighted by Gasteiger charge is 2.51. The number of anilines is 1. The van der Waals surface area contributed by atoms with E-state index in [-0.39, 0.29) is 5.60 Å². The maximum atomic E-state index is 6.01. The first-order valence-corrected chi connectivity index (χ1v) is 11.1. The van der Waals surface area contributed by atoms with Gasteiger partial charge in [-0.25, -0.2) is 4.98 Å². The lowest BCUT2D eigenvalue weighted by Gasteiger charge is -2.42. The standard InChI is InChI=1S/C22H31N5O2/c1-3-17-19(18-11-22(29-27-18)9-14(10-22)13-28-2)20(16-12-23-26-21(16)25-17)24-15-7-5-4-6-8-15/h12,14-15H,3-11,13H2,1-2H3,(H2,23,24,25,26). The van der Waals surface area contributed by atoms with Crippen LogP contribution in [0, 0.1) is 5.92 Å². The number of rotatable bonds is 6. The molecule has 0 unspecified atom stereocenters. The summed E-state index contributed by atoms with van der Waals surface area (Å²) in [6.07, 6.45) is 12.0. The summed E-state index contributed by atoms with van der Waals surface area (Å²) >= 11 is 0. The van der Waals surface area contributed by atoms with Crippen LogP contribution >= 0.6 is 0 Å². The number of fused-ring (bicyclic) bond motifs is 1. The third kappa shape index (κ3) is 3.39. The number of hydrogen-bond acceptors (Lipinski definition) is 6. The van der Waals surface area contributed by atoms with Gasteiger partial charge in [-0.3, -0.25) is 5.10 Å². The maximum Gasteiger partial charge on any atom is 0.157 e. The van der Waals surface area contributed by atoms with Crippen molar-refractivity contribution in [2.24, 2.45) is 11.1 Å². The average molecular weight is 398 g/mol. The topological polar surface area (TPSA) is 84.4 Å². The minimum atomic E-state index is -0.142. The smallest absolute Gasteiger partial charge is 0.157 e. The monoisotopic (exact) mass is 397 g/mol. The van der Waals surface area contributed by atoms with Gasteiger partial charge in [0, 0.05) is 31.7 Å². The summed E-state index contributed by atoms with van der Waals surface area (Å²) in [7, 11) is 1.77. The summed E-state index contributed by atoms with van der Waals surface area (Å²) in [5, 5.41) is 16.8. The van der Waals surface area contributed by atoms with Gasteiger partial charge >= 0.3 is 0 Å². The van der Waals surface area contributed by atoms with Gasteiger partial charge in [0.05, 0.1) is 28.7 Å². The average Bonchev–Trinajstić information content (AvgIpc) is 3.36. The van der Waals surface area contributed by atoms with Crippen LogP contribution < -0.4 is 5.32 Å². The lowest BCUT2D eigenvalue weighted by atomic mass is 9.68. The largest absolute Gasteiger partial charge is 0.389 e. The highest BCUT2D eigenvalue weighted by molar-refractivity contribution is 6.12. The number of ether oxygens (including phenoxy) is 1. The molecule has 0 saturated heterocycles. The van der Waals surface area contributed by atoms with E-state index in [1.165, 1.54) is 32.1 Å². The van der Waals surface area contributed by atoms with Gasteiger partial charge < -0.3 is 14.9 Å². The fourth-order valence-corrected chi connectivity index (χ4v) is 5.41. The summed E-state index contributed by atoms with van der Waals surface area (Å²) in [6, 6.07) is 0.499. The van der Waals surface area contributed by atoms with Crippen LogP contribution in [0.1, 0.15) is 69.5 Å². The van der Waals surface area contributed by atoms with Crippen molar-refractivity contribution in [1.29, 1.82) is 0 Å². The molecule has 1 aliphatic heterocycles. The van der Waals surface area contributed by atoms with E-state index in [0.29, 0.717) is 12.0 Å². The first-order valence-electron chi connectivity index (χ1n) is 11.1. The number of nitrogens with one attached hydrogen (secondary N) is 2. The number of aryl methyl sites for hydroxylation is 1. The van der Waals surface area contributed by atoms with Gasteiger partial charge in [-0.05, 0) is 38.0 Å². The number of pyridine rings is 1. The van der Waals surface area contributed by atoms with Gasteiger partial charge in [-0.1, -0.05) is 31.3 Å². The first-order chi connectivity index (χ1) is 14.2. The van der Waals surface area contributed by atoms with Crippen molar-refractivity contribution in [1.82, 2.24) is 15.2 Å². The lowest BCUT2D eigenvalue weighted by molar-refractivity contribution is -0.120. The van der Waals surface area contributed by atoms with E-state index in [4.69, 9.17) is 14.6 Å². The van der Waals surface area contributed by atoms with Gasteiger partial charge in [-0.2, -0.15) is 5.10 Å². The molecule has 2 aromatic rings. The SMILES string of the molecule is CCc1nc2[nH]ncc2c(NC2CCCCC2)c1C1=NOC2(C1)CC(COC)C2. The Bertz CT molecular complexity index is 909. The summed E-state index contributed by atoms with van der Waals surface area (Å²) in [6.45, 7) is 2.96. The van der Waals surface area contributed by atoms with Crippen LogP contribution in [0.3, 0.4) is 0 Å². The fraction of sp³-hybridized carbons (Fsp3) is 0.682. The molecule has 2 aliphatic carbocycles. The zero-order chi connectivity index (χ0) is 19.8. The van der Waals surface area contributed by atoms with E-state index in [9.17, 15) is 0 Å². The van der Waals surface area contributed by atoms with Gasteiger partial charge in [0.25, 0.3) is 0 Å². The Labute approximate surface area is 171 Å². The molecule has 29 heavy (non-hydrogen) atoms. The Morgan fingerprint density at radius 3 is 2.86 bits per heavy atom. The van der Waals surface area contributed by atoms with Gasteiger partial charge in [-0.15, -0.1) is 0 Å². The van der Waals surface area contributed by atoms with Crippen molar-refractivity contribution in [2.75, 3.05) is 19.0 Å². The molecule has 0 radical (unpaired) electrons. The Morgan fingerprint density at radius 1 is 1.28 bits per heavy atom. The molecule has 7 nitrogen and oxygen atoms in total. The van der Waals surface area contributed by atoms with E-state index in [1.54, 1.807) is 7.11 Å². The minimum absolute atomic E-state index is 0.142. The highest BCUT2D eigenvalue weighted by atomic mass is 16.7. The third-order valence-corrected chi connectivity index (χ3v) is 6.81. The molecule has 0 bridgehead atoms. The second kappa shape index (κ2) is 7.59. The van der Waals surface area contributed by atoms with E-state index < -0.39 is 0 Å². The van der Waals surface area contributed by atoms with Crippen molar-refractivity contribution in [3.8, 4) is 0 Å². The molecule has 0 atom stereocenters. The number of H-pyrrole nitrogens is 1. The first kappa shape index (κ1) is 18.9. The zero-order valence-corrected chi connectivity index (χ0v) is 17.5. The molecule has 0 amide bonds. The van der Waals surface area contributed by atoms with Crippen molar-refractivity contribution in [3.63, 3.8) is 0 Å². The lowest BCUT2D eigenvalue weighted by Crippen LogP contribution is -2.45. The highest BCUT2D eigenvalue weighted by Crippen LogP contribution is 2.48. The molecular formula is C22H31N5O2. The number of methoxy groups -OCH3 is 1. The van der Waals surface area contributed by atoms with Crippen molar-refractivity contribution < 1.29 is 9.57 Å². The van der Waals surface area contributed by atoms with Crippen LogP contribution in [-0.4, -0.2) is 46.3 Å². The number of hydrogen-bond donors (Lipinski definition) is 2. The van der Waals surface area contributed by atoms with E-state index in [0.717, 1.165) is 66.0 Å². The molecule has 0 aromatic carbocycles. The third-order valence-electron chi connectivity index (χ3n) is 6.81. The van der Waals surface area contributed by atoms with Crippen molar-refractivity contribution in [3.05, 3.63) is 17.5 Å². The molecule has 2 saturated carbocycles. The molecule has 2 N–H and O–H groups in total. The van der Waals surface area contributed by atoms with Crippen LogP contribution in [0.25, 0.3) is 11.0 Å². The molecule has 1 spiro atoms. The van der Waals surface area contributed by atoms with Gasteiger partial charge in [0.2, 0.25) is 0 Å². The Balaban J connectivity index is 1.48. The quantitative estimate of drug-likeness (QED) is 0.764. The summed E-state index contributed by atoms with van der Waals surface area (Å²) in [4.78, 5) is 10.9. The normalized spacial score (nSPS) is 27.1. The number of oxime groups is 1. The predicted octanol–water partition coefficient (Wildman–Crippen LogP) is 4.18. The second-order valence-corrected chi connectivity index (χ2v) is 8.99. The van der Waals surface area contributed by atoms with Crippen LogP contribution in [0.5, 0.6) is 0 Å². The molecule has 3 aliphatic rings. The van der Waals surface area contributed by atoms with Crippen molar-refractivity contribution >= 4 is 22.4 Å². The van der Waals surface area contributed by atoms with Crippen LogP contribution in [-0.2, 0) is 16.0 Å². The summed E-state index contributed by atoms with van der Waals surface area (Å²) in [5.74, 6) is 0.578. The maximum absolute atomic E-state index is 6.01. The molecule has 156 valence electrons. The van der Waals surface area contributed by atoms with Gasteiger partial charge in [0.1, 0.15) is 5.60 Å². The van der Waals surface area contributed by atoms with Crippen molar-refractivity contribution in [2.45, 2.75) is 76.4 Å². The number of aromatic amines is 1. The molecule has 2 aromatic heterocycles. The Morgan fingerprint density at radius 2 is 2.10 bits per heavy atom. The minimum Gasteiger partial charge on any atom is -0.389 e. The van der Waals surface area contributed by atoms with E-state index in [2.05, 4.69) is 27.6 Å². The molecular weight excluding hydrogens is 366 g/mol. The van der Waals surface area contributed by atoms with E-state index in [1.807, 2.05) is 6.20 Å². The molecule has 7 heteroatoms. The van der Waals surface area contributed by atoms with Crippen LogP contribution in [0.2, 0.25) is 0 Å². The second-order valence-electron chi connectivity index (χ2n) is 8.99. The van der Waals surface area contributed by atoms with Gasteiger partial charge in [0.15, 0.2) is 5.65 Å². The summed E-state index contributed by atoms with van der Waals surface area (Å²) in [5.41, 5.74) is 5.08. The Hall–Kier alpha value is -2.15. The Kier molecular flexibility index (Phi) is 4.94. The van der Waals surface area contributed by atoms with Crippen LogP contribution in [0.15, 0.2) is 11.4 Å². The van der Waals surface area contributed by atoms with E-state index >= 15 is 0 Å². The molecule has 5 rings (SSSR count). The fourth-order valence-electron chi connectivity index (χ4n) is 5.41. The van der Waals surface area contributed by atoms with Crippen LogP contribution in [0.4, 0.5) is 5.69 Å².